The van der Waals surface area contributed by atoms with Gasteiger partial charge in [0.1, 0.15) is 0 Å². The molecule has 1 saturated carbocycles. The van der Waals surface area contributed by atoms with Gasteiger partial charge < -0.3 is 15.4 Å². The van der Waals surface area contributed by atoms with Crippen LogP contribution in [0.4, 0.5) is 27.6 Å². The fraction of sp³-hybridized carbons (Fsp3) is 0.647. The maximum Gasteiger partial charge on any atom is 0.417 e. The molecule has 1 aliphatic heterocycles. The molecular weight excluding hydrogens is 407 g/mol. The minimum atomic E-state index is -4.95. The Bertz CT molecular complexity index is 824. The van der Waals surface area contributed by atoms with Crippen LogP contribution in [0.1, 0.15) is 18.4 Å². The van der Waals surface area contributed by atoms with Crippen molar-refractivity contribution in [3.8, 4) is 0 Å². The van der Waals surface area contributed by atoms with Crippen molar-refractivity contribution in [1.82, 2.24) is 0 Å². The molecule has 2 N–H and O–H groups in total. The number of ether oxygens (including phenoxy) is 1. The number of rotatable bonds is 5. The van der Waals surface area contributed by atoms with Crippen molar-refractivity contribution in [2.75, 3.05) is 31.6 Å². The predicted molar refractivity (Wildman–Crippen MR) is 92.2 cm³/mol. The summed E-state index contributed by atoms with van der Waals surface area (Å²) in [4.78, 5) is 0.237. The van der Waals surface area contributed by atoms with Crippen molar-refractivity contribution in [3.63, 3.8) is 0 Å². The number of methoxy groups -OCH3 is 1. The van der Waals surface area contributed by atoms with Crippen LogP contribution in [-0.4, -0.2) is 52.4 Å². The summed E-state index contributed by atoms with van der Waals surface area (Å²) in [5, 5.41) is -1.05. The molecule has 0 spiro atoms. The minimum Gasteiger partial charge on any atom is -0.381 e. The van der Waals surface area contributed by atoms with Crippen molar-refractivity contribution < 1.29 is 35.1 Å². The van der Waals surface area contributed by atoms with E-state index in [0.29, 0.717) is 6.07 Å². The predicted octanol–water partition coefficient (Wildman–Crippen LogP) is 2.69. The molecule has 3 rings (SSSR count). The van der Waals surface area contributed by atoms with E-state index in [1.54, 1.807) is 0 Å². The van der Waals surface area contributed by atoms with Crippen LogP contribution in [0.5, 0.6) is 0 Å². The number of nitrogens with two attached hydrogens (primary N) is 1. The van der Waals surface area contributed by atoms with Gasteiger partial charge in [0, 0.05) is 12.8 Å². The molecule has 11 heteroatoms. The third kappa shape index (κ3) is 3.84. The minimum absolute atomic E-state index is 0.0537. The molecule has 2 fully saturated rings. The van der Waals surface area contributed by atoms with Gasteiger partial charge in [-0.3, -0.25) is 0 Å². The van der Waals surface area contributed by atoms with Gasteiger partial charge in [0.05, 0.1) is 34.9 Å². The van der Waals surface area contributed by atoms with Crippen LogP contribution in [-0.2, 0) is 20.8 Å². The Labute approximate surface area is 159 Å². The van der Waals surface area contributed by atoms with Crippen LogP contribution in [0, 0.1) is 5.92 Å². The first-order chi connectivity index (χ1) is 12.9. The largest absolute Gasteiger partial charge is 0.417 e. The molecule has 0 unspecified atom stereocenters. The Morgan fingerprint density at radius 2 is 1.89 bits per heavy atom. The Kier molecular flexibility index (Phi) is 5.39. The summed E-state index contributed by atoms with van der Waals surface area (Å²) in [5.41, 5.74) is 4.19. The lowest BCUT2D eigenvalue weighted by molar-refractivity contribution is -0.139. The highest BCUT2D eigenvalue weighted by atomic mass is 32.2. The molecule has 5 nitrogen and oxygen atoms in total. The number of halogens is 5. The van der Waals surface area contributed by atoms with Gasteiger partial charge in [-0.25, -0.2) is 17.2 Å². The summed E-state index contributed by atoms with van der Waals surface area (Å²) < 4.78 is 98.0. The first-order valence-electron chi connectivity index (χ1n) is 8.70. The average Bonchev–Trinajstić information content (AvgIpc) is 3.02. The third-order valence-corrected chi connectivity index (χ3v) is 7.65. The molecule has 1 aliphatic carbocycles. The van der Waals surface area contributed by atoms with Crippen LogP contribution >= 0.6 is 0 Å². The van der Waals surface area contributed by atoms with E-state index >= 15 is 0 Å². The number of hydrogen-bond donors (Lipinski definition) is 1. The second kappa shape index (κ2) is 7.10. The molecule has 1 aromatic rings. The van der Waals surface area contributed by atoms with E-state index in [2.05, 4.69) is 0 Å². The van der Waals surface area contributed by atoms with Crippen LogP contribution in [0.3, 0.4) is 0 Å². The topological polar surface area (TPSA) is 72.6 Å². The van der Waals surface area contributed by atoms with Crippen LogP contribution in [0.2, 0.25) is 0 Å². The van der Waals surface area contributed by atoms with Gasteiger partial charge in [-0.2, -0.15) is 13.2 Å². The molecule has 3 atom stereocenters. The van der Waals surface area contributed by atoms with Crippen molar-refractivity contribution in [1.29, 1.82) is 0 Å². The normalized spacial score (nSPS) is 27.7. The van der Waals surface area contributed by atoms with Crippen LogP contribution in [0.25, 0.3) is 0 Å². The van der Waals surface area contributed by atoms with Crippen molar-refractivity contribution in [2.45, 2.75) is 41.2 Å². The Morgan fingerprint density at radius 1 is 1.25 bits per heavy atom. The number of hydrogen-bond acceptors (Lipinski definition) is 5. The van der Waals surface area contributed by atoms with Gasteiger partial charge in [0.2, 0.25) is 0 Å². The van der Waals surface area contributed by atoms with E-state index in [4.69, 9.17) is 10.5 Å². The van der Waals surface area contributed by atoms with E-state index in [9.17, 15) is 30.4 Å². The second-order valence-electron chi connectivity index (χ2n) is 7.30. The van der Waals surface area contributed by atoms with E-state index in [-0.39, 0.29) is 31.0 Å². The summed E-state index contributed by atoms with van der Waals surface area (Å²) in [7, 11) is -2.91. The molecule has 0 bridgehead atoms. The highest BCUT2D eigenvalue weighted by Crippen LogP contribution is 2.42. The highest BCUT2D eigenvalue weighted by Gasteiger charge is 2.47. The summed E-state index contributed by atoms with van der Waals surface area (Å²) >= 11 is 0. The van der Waals surface area contributed by atoms with Gasteiger partial charge in [-0.15, -0.1) is 0 Å². The molecular formula is C17H21F5N2O3S. The van der Waals surface area contributed by atoms with Crippen molar-refractivity contribution >= 4 is 15.5 Å². The number of nitrogens with zero attached hydrogens (tertiary/aromatic N) is 1. The van der Waals surface area contributed by atoms with Gasteiger partial charge in [-0.05, 0) is 43.5 Å². The summed E-state index contributed by atoms with van der Waals surface area (Å²) in [6.45, 7) is -1.24. The number of alkyl halides is 5. The number of anilines is 1. The van der Waals surface area contributed by atoms with Crippen LogP contribution in [0.15, 0.2) is 23.1 Å². The molecule has 158 valence electrons. The quantitative estimate of drug-likeness (QED) is 0.731. The lowest BCUT2D eigenvalue weighted by atomic mass is 10.1. The second-order valence-corrected chi connectivity index (χ2v) is 9.50. The van der Waals surface area contributed by atoms with E-state index < -0.39 is 56.8 Å². The smallest absolute Gasteiger partial charge is 0.381 e. The Morgan fingerprint density at radius 3 is 2.36 bits per heavy atom. The maximum atomic E-state index is 13.6. The van der Waals surface area contributed by atoms with Crippen LogP contribution < -0.4 is 10.6 Å². The van der Waals surface area contributed by atoms with Crippen molar-refractivity contribution in [3.05, 3.63) is 23.8 Å². The highest BCUT2D eigenvalue weighted by molar-refractivity contribution is 7.92. The summed E-state index contributed by atoms with van der Waals surface area (Å²) in [6.07, 6.45) is -5.23. The van der Waals surface area contributed by atoms with Gasteiger partial charge in [0.25, 0.3) is 5.92 Å². The lowest BCUT2D eigenvalue weighted by Gasteiger charge is -2.40. The summed E-state index contributed by atoms with van der Waals surface area (Å²) in [6, 6.07) is 2.63. The molecule has 1 heterocycles. The lowest BCUT2D eigenvalue weighted by Crippen LogP contribution is -2.56. The standard InChI is InChI=1S/C17H21F5N2O3S/c1-27-14-6-12(4-10(14)7-23)28(25,26)15-3-2-11(5-13(15)17(20,21)22)24-8-16(18,19)9-24/h2-3,5,10,12,14H,4,6-9,23H2,1H3/t10-,12+,14+/m0/s1. The van der Waals surface area contributed by atoms with Gasteiger partial charge >= 0.3 is 6.18 Å². The van der Waals surface area contributed by atoms with Gasteiger partial charge in [0.15, 0.2) is 9.84 Å². The molecule has 2 aliphatic rings. The van der Waals surface area contributed by atoms with E-state index in [1.807, 2.05) is 0 Å². The number of sulfone groups is 1. The molecule has 1 aromatic carbocycles. The monoisotopic (exact) mass is 428 g/mol. The fourth-order valence-electron chi connectivity index (χ4n) is 3.89. The van der Waals surface area contributed by atoms with E-state index in [0.717, 1.165) is 17.0 Å². The molecule has 0 aromatic heterocycles. The van der Waals surface area contributed by atoms with Crippen molar-refractivity contribution in [2.24, 2.45) is 11.7 Å². The SMILES string of the molecule is CO[C@@H]1C[C@H](S(=O)(=O)c2ccc(N3CC(F)(F)C3)cc2C(F)(F)F)C[C@H]1CN. The number of benzene rings is 1. The van der Waals surface area contributed by atoms with E-state index in [1.165, 1.54) is 7.11 Å². The first kappa shape index (κ1) is 21.3. The zero-order valence-electron chi connectivity index (χ0n) is 15.0. The molecule has 0 radical (unpaired) electrons. The molecule has 28 heavy (non-hydrogen) atoms. The molecule has 1 saturated heterocycles. The first-order valence-corrected chi connectivity index (χ1v) is 10.2. The maximum absolute atomic E-state index is 13.6. The van der Waals surface area contributed by atoms with Gasteiger partial charge in [-0.1, -0.05) is 0 Å². The zero-order valence-corrected chi connectivity index (χ0v) is 15.9. The molecule has 0 amide bonds. The Balaban J connectivity index is 1.96. The Hall–Kier alpha value is -1.46. The summed E-state index contributed by atoms with van der Waals surface area (Å²) in [5.74, 6) is -3.22. The zero-order chi connectivity index (χ0) is 20.9. The fourth-order valence-corrected chi connectivity index (χ4v) is 5.93. The third-order valence-electron chi connectivity index (χ3n) is 5.42. The average molecular weight is 428 g/mol.